The van der Waals surface area contributed by atoms with Crippen LogP contribution in [0.5, 0.6) is 5.75 Å². The zero-order chi connectivity index (χ0) is 19.6. The van der Waals surface area contributed by atoms with Crippen LogP contribution in [0.3, 0.4) is 0 Å². The highest BCUT2D eigenvalue weighted by molar-refractivity contribution is 5.92. The molecule has 1 aliphatic rings. The summed E-state index contributed by atoms with van der Waals surface area (Å²) in [6.07, 6.45) is 2.25. The van der Waals surface area contributed by atoms with Gasteiger partial charge in [0.15, 0.2) is 0 Å². The standard InChI is InChI=1S/C22H27N3O3/c1-18-7-5-10-21(17-18)27-15-6-16-28-24-20-11-13-25(14-12-20)22(26)23-19-8-3-2-4-9-19/h2-5,7-10,17H,6,11-16H2,1H3,(H,23,26). The lowest BCUT2D eigenvalue weighted by Gasteiger charge is -2.27. The first-order valence-electron chi connectivity index (χ1n) is 9.69. The number of ether oxygens (including phenoxy) is 1. The highest BCUT2D eigenvalue weighted by atomic mass is 16.6. The molecule has 2 amide bonds. The quantitative estimate of drug-likeness (QED) is 0.569. The van der Waals surface area contributed by atoms with Gasteiger partial charge >= 0.3 is 6.03 Å². The summed E-state index contributed by atoms with van der Waals surface area (Å²) in [5, 5.41) is 7.13. The zero-order valence-electron chi connectivity index (χ0n) is 16.3. The third-order valence-corrected chi connectivity index (χ3v) is 4.48. The first kappa shape index (κ1) is 19.7. The molecule has 1 heterocycles. The van der Waals surface area contributed by atoms with Crippen LogP contribution in [0.2, 0.25) is 0 Å². The predicted octanol–water partition coefficient (Wildman–Crippen LogP) is 4.46. The number of oxime groups is 1. The number of benzene rings is 2. The Labute approximate surface area is 166 Å². The number of carbonyl (C=O) groups is 1. The van der Waals surface area contributed by atoms with Gasteiger partial charge in [0.2, 0.25) is 0 Å². The van der Waals surface area contributed by atoms with Gasteiger partial charge in [0.25, 0.3) is 0 Å². The van der Waals surface area contributed by atoms with Gasteiger partial charge in [-0.2, -0.15) is 0 Å². The van der Waals surface area contributed by atoms with Crippen LogP contribution < -0.4 is 10.1 Å². The van der Waals surface area contributed by atoms with E-state index in [9.17, 15) is 4.79 Å². The Balaban J connectivity index is 1.30. The number of carbonyl (C=O) groups excluding carboxylic acids is 1. The first-order chi connectivity index (χ1) is 13.7. The van der Waals surface area contributed by atoms with Crippen LogP contribution in [0.15, 0.2) is 59.8 Å². The van der Waals surface area contributed by atoms with Crippen molar-refractivity contribution in [3.63, 3.8) is 0 Å². The van der Waals surface area contributed by atoms with Crippen molar-refractivity contribution in [2.45, 2.75) is 26.2 Å². The molecule has 148 valence electrons. The smallest absolute Gasteiger partial charge is 0.321 e. The molecule has 28 heavy (non-hydrogen) atoms. The summed E-state index contributed by atoms with van der Waals surface area (Å²) < 4.78 is 5.69. The van der Waals surface area contributed by atoms with Crippen LogP contribution in [0.1, 0.15) is 24.8 Å². The molecule has 0 bridgehead atoms. The van der Waals surface area contributed by atoms with Crippen LogP contribution in [-0.4, -0.2) is 42.9 Å². The number of nitrogens with zero attached hydrogens (tertiary/aromatic N) is 2. The minimum absolute atomic E-state index is 0.0699. The van der Waals surface area contributed by atoms with Crippen molar-refractivity contribution < 1.29 is 14.4 Å². The number of anilines is 1. The van der Waals surface area contributed by atoms with Crippen molar-refractivity contribution in [3.05, 3.63) is 60.2 Å². The minimum Gasteiger partial charge on any atom is -0.493 e. The van der Waals surface area contributed by atoms with E-state index in [-0.39, 0.29) is 6.03 Å². The summed E-state index contributed by atoms with van der Waals surface area (Å²) in [7, 11) is 0. The summed E-state index contributed by atoms with van der Waals surface area (Å²) in [5.41, 5.74) is 3.00. The molecule has 0 unspecified atom stereocenters. The monoisotopic (exact) mass is 381 g/mol. The highest BCUT2D eigenvalue weighted by Crippen LogP contribution is 2.13. The number of hydrogen-bond donors (Lipinski definition) is 1. The van der Waals surface area contributed by atoms with E-state index in [1.165, 1.54) is 5.56 Å². The van der Waals surface area contributed by atoms with Crippen LogP contribution in [0, 0.1) is 6.92 Å². The number of hydrogen-bond acceptors (Lipinski definition) is 4. The number of likely N-dealkylation sites (tertiary alicyclic amines) is 1. The molecule has 0 radical (unpaired) electrons. The van der Waals surface area contributed by atoms with E-state index in [1.807, 2.05) is 66.4 Å². The lowest BCUT2D eigenvalue weighted by Crippen LogP contribution is -2.41. The average Bonchev–Trinajstić information content (AvgIpc) is 2.72. The van der Waals surface area contributed by atoms with Crippen molar-refractivity contribution in [1.82, 2.24) is 4.90 Å². The number of nitrogens with one attached hydrogen (secondary N) is 1. The maximum absolute atomic E-state index is 12.3. The Morgan fingerprint density at radius 2 is 1.86 bits per heavy atom. The van der Waals surface area contributed by atoms with Gasteiger partial charge in [-0.25, -0.2) is 4.79 Å². The number of para-hydroxylation sites is 1. The molecule has 6 nitrogen and oxygen atoms in total. The fraction of sp³-hybridized carbons (Fsp3) is 0.364. The molecule has 6 heteroatoms. The van der Waals surface area contributed by atoms with Crippen molar-refractivity contribution in [3.8, 4) is 5.75 Å². The van der Waals surface area contributed by atoms with Crippen molar-refractivity contribution in [1.29, 1.82) is 0 Å². The summed E-state index contributed by atoms with van der Waals surface area (Å²) >= 11 is 0. The summed E-state index contributed by atoms with van der Waals surface area (Å²) in [5.74, 6) is 0.882. The second kappa shape index (κ2) is 10.3. The van der Waals surface area contributed by atoms with E-state index < -0.39 is 0 Å². The van der Waals surface area contributed by atoms with Crippen molar-refractivity contribution in [2.24, 2.45) is 5.16 Å². The maximum Gasteiger partial charge on any atom is 0.321 e. The largest absolute Gasteiger partial charge is 0.493 e. The van der Waals surface area contributed by atoms with Gasteiger partial charge in [-0.15, -0.1) is 0 Å². The number of piperidine rings is 1. The minimum atomic E-state index is -0.0699. The molecular formula is C22H27N3O3. The Bertz CT molecular complexity index is 783. The van der Waals surface area contributed by atoms with Gasteiger partial charge in [0.1, 0.15) is 12.4 Å². The Hall–Kier alpha value is -3.02. The van der Waals surface area contributed by atoms with E-state index in [1.54, 1.807) is 0 Å². The fourth-order valence-electron chi connectivity index (χ4n) is 2.94. The number of rotatable bonds is 7. The Morgan fingerprint density at radius 1 is 1.07 bits per heavy atom. The molecule has 0 spiro atoms. The lowest BCUT2D eigenvalue weighted by molar-refractivity contribution is 0.125. The fourth-order valence-corrected chi connectivity index (χ4v) is 2.94. The number of urea groups is 1. The molecule has 1 N–H and O–H groups in total. The molecule has 2 aromatic rings. The highest BCUT2D eigenvalue weighted by Gasteiger charge is 2.20. The Kier molecular flexibility index (Phi) is 7.29. The van der Waals surface area contributed by atoms with E-state index in [2.05, 4.69) is 10.5 Å². The van der Waals surface area contributed by atoms with Crippen LogP contribution in [0.4, 0.5) is 10.5 Å². The first-order valence-corrected chi connectivity index (χ1v) is 9.69. The zero-order valence-corrected chi connectivity index (χ0v) is 16.3. The van der Waals surface area contributed by atoms with E-state index >= 15 is 0 Å². The molecule has 1 fully saturated rings. The molecule has 1 aliphatic heterocycles. The molecule has 0 aliphatic carbocycles. The third kappa shape index (κ3) is 6.30. The molecule has 0 saturated carbocycles. The molecule has 0 atom stereocenters. The van der Waals surface area contributed by atoms with Crippen LogP contribution in [-0.2, 0) is 4.84 Å². The van der Waals surface area contributed by atoms with Gasteiger partial charge in [-0.3, -0.25) is 0 Å². The molecule has 3 rings (SSSR count). The van der Waals surface area contributed by atoms with Crippen molar-refractivity contribution in [2.75, 3.05) is 31.6 Å². The summed E-state index contributed by atoms with van der Waals surface area (Å²) in [6, 6.07) is 17.4. The third-order valence-electron chi connectivity index (χ3n) is 4.48. The topological polar surface area (TPSA) is 63.2 Å². The molecular weight excluding hydrogens is 354 g/mol. The van der Waals surface area contributed by atoms with E-state index in [0.29, 0.717) is 26.3 Å². The van der Waals surface area contributed by atoms with Gasteiger partial charge in [-0.05, 0) is 36.8 Å². The van der Waals surface area contributed by atoms with Gasteiger partial charge in [0, 0.05) is 38.0 Å². The molecule has 1 saturated heterocycles. The second-order valence-corrected chi connectivity index (χ2v) is 6.79. The van der Waals surface area contributed by atoms with E-state index in [4.69, 9.17) is 9.57 Å². The summed E-state index contributed by atoms with van der Waals surface area (Å²) in [6.45, 7) is 4.46. The molecule has 0 aromatic heterocycles. The van der Waals surface area contributed by atoms with Crippen LogP contribution in [0.25, 0.3) is 0 Å². The molecule has 2 aromatic carbocycles. The number of amides is 2. The Morgan fingerprint density at radius 3 is 2.61 bits per heavy atom. The average molecular weight is 381 g/mol. The van der Waals surface area contributed by atoms with E-state index in [0.717, 1.165) is 36.4 Å². The van der Waals surface area contributed by atoms with Gasteiger partial charge < -0.3 is 19.8 Å². The SMILES string of the molecule is Cc1cccc(OCCCON=C2CCN(C(=O)Nc3ccccc3)CC2)c1. The van der Waals surface area contributed by atoms with Gasteiger partial charge in [0.05, 0.1) is 12.3 Å². The lowest BCUT2D eigenvalue weighted by atomic mass is 10.1. The second-order valence-electron chi connectivity index (χ2n) is 6.79. The predicted molar refractivity (Wildman–Crippen MR) is 111 cm³/mol. The normalized spacial score (nSPS) is 13.8. The van der Waals surface area contributed by atoms with Crippen molar-refractivity contribution >= 4 is 17.4 Å². The van der Waals surface area contributed by atoms with Crippen LogP contribution >= 0.6 is 0 Å². The van der Waals surface area contributed by atoms with Gasteiger partial charge in [-0.1, -0.05) is 35.5 Å². The summed E-state index contributed by atoms with van der Waals surface area (Å²) in [4.78, 5) is 19.5. The number of aryl methyl sites for hydroxylation is 1. The maximum atomic E-state index is 12.3.